The van der Waals surface area contributed by atoms with E-state index in [1.54, 1.807) is 6.20 Å². The molecule has 2 aromatic heterocycles. The van der Waals surface area contributed by atoms with E-state index >= 15 is 0 Å². The maximum atomic E-state index is 5.63. The lowest BCUT2D eigenvalue weighted by Crippen LogP contribution is -1.97. The number of imidazole rings is 1. The molecule has 3 aromatic rings. The summed E-state index contributed by atoms with van der Waals surface area (Å²) < 4.78 is 5.48. The molecule has 6 nitrogen and oxygen atoms in total. The molecular weight excluding hydrogens is 286 g/mol. The van der Waals surface area contributed by atoms with E-state index in [1.807, 2.05) is 32.0 Å². The molecule has 108 valence electrons. The number of hydrogen-bond acceptors (Lipinski definition) is 6. The van der Waals surface area contributed by atoms with Gasteiger partial charge in [-0.1, -0.05) is 0 Å². The molecule has 0 atom stereocenters. The third kappa shape index (κ3) is 2.92. The van der Waals surface area contributed by atoms with Crippen molar-refractivity contribution in [1.29, 1.82) is 0 Å². The number of nitrogens with one attached hydrogen (secondary N) is 1. The molecule has 0 aliphatic heterocycles. The first-order chi connectivity index (χ1) is 10.2. The van der Waals surface area contributed by atoms with E-state index in [4.69, 9.17) is 10.5 Å². The monoisotopic (exact) mass is 301 g/mol. The molecule has 0 radical (unpaired) electrons. The number of aromatic amines is 1. The van der Waals surface area contributed by atoms with Crippen molar-refractivity contribution in [2.75, 3.05) is 12.3 Å². The number of nitrogen functional groups attached to an aromatic ring is 1. The molecule has 0 fully saturated rings. The SMILES string of the molecule is CCOc1ccc2nc(Sc3nc(N)ncc3C)[nH]c2c1. The second-order valence-corrected chi connectivity index (χ2v) is 5.45. The zero-order valence-corrected chi connectivity index (χ0v) is 12.6. The van der Waals surface area contributed by atoms with Crippen LogP contribution in [-0.2, 0) is 0 Å². The van der Waals surface area contributed by atoms with Crippen LogP contribution in [0.15, 0.2) is 34.6 Å². The lowest BCUT2D eigenvalue weighted by atomic mass is 10.3. The zero-order valence-electron chi connectivity index (χ0n) is 11.8. The Labute approximate surface area is 126 Å². The molecule has 7 heteroatoms. The van der Waals surface area contributed by atoms with Crippen molar-refractivity contribution in [3.8, 4) is 5.75 Å². The maximum absolute atomic E-state index is 5.63. The van der Waals surface area contributed by atoms with E-state index in [1.165, 1.54) is 11.8 Å². The molecule has 0 amide bonds. The molecule has 0 unspecified atom stereocenters. The second kappa shape index (κ2) is 5.61. The number of rotatable bonds is 4. The Kier molecular flexibility index (Phi) is 3.66. The molecule has 1 aromatic carbocycles. The van der Waals surface area contributed by atoms with E-state index in [2.05, 4.69) is 19.9 Å². The minimum absolute atomic E-state index is 0.262. The van der Waals surface area contributed by atoms with Crippen LogP contribution in [0.5, 0.6) is 5.75 Å². The largest absolute Gasteiger partial charge is 0.494 e. The Morgan fingerprint density at radius 3 is 3.00 bits per heavy atom. The number of nitrogens with two attached hydrogens (primary N) is 1. The predicted molar refractivity (Wildman–Crippen MR) is 82.6 cm³/mol. The Hall–Kier alpha value is -2.28. The fraction of sp³-hybridized carbons (Fsp3) is 0.214. The van der Waals surface area contributed by atoms with E-state index in [0.717, 1.165) is 32.5 Å². The fourth-order valence-corrected chi connectivity index (χ4v) is 2.75. The highest BCUT2D eigenvalue weighted by Crippen LogP contribution is 2.29. The normalized spacial score (nSPS) is 11.0. The van der Waals surface area contributed by atoms with Crippen molar-refractivity contribution in [3.05, 3.63) is 30.0 Å². The fourth-order valence-electron chi connectivity index (χ4n) is 1.90. The topological polar surface area (TPSA) is 89.7 Å². The number of H-pyrrole nitrogens is 1. The van der Waals surface area contributed by atoms with Crippen LogP contribution in [0.1, 0.15) is 12.5 Å². The molecular formula is C14H15N5OS. The Morgan fingerprint density at radius 2 is 2.19 bits per heavy atom. The summed E-state index contributed by atoms with van der Waals surface area (Å²) in [5, 5.41) is 1.56. The summed E-state index contributed by atoms with van der Waals surface area (Å²) in [4.78, 5) is 16.0. The second-order valence-electron chi connectivity index (χ2n) is 4.47. The summed E-state index contributed by atoms with van der Waals surface area (Å²) in [6, 6.07) is 5.79. The summed E-state index contributed by atoms with van der Waals surface area (Å²) in [6.07, 6.45) is 1.71. The predicted octanol–water partition coefficient (Wildman–Crippen LogP) is 2.79. The molecule has 21 heavy (non-hydrogen) atoms. The van der Waals surface area contributed by atoms with E-state index in [9.17, 15) is 0 Å². The highest BCUT2D eigenvalue weighted by Gasteiger charge is 2.09. The summed E-state index contributed by atoms with van der Waals surface area (Å²) in [5.41, 5.74) is 8.41. The first-order valence-electron chi connectivity index (χ1n) is 6.55. The van der Waals surface area contributed by atoms with Crippen LogP contribution in [0.4, 0.5) is 5.95 Å². The Bertz CT molecular complexity index is 786. The maximum Gasteiger partial charge on any atom is 0.221 e. The molecule has 0 aliphatic carbocycles. The lowest BCUT2D eigenvalue weighted by molar-refractivity contribution is 0.340. The molecule has 0 spiro atoms. The molecule has 0 aliphatic rings. The first kappa shape index (κ1) is 13.7. The minimum atomic E-state index is 0.262. The summed E-state index contributed by atoms with van der Waals surface area (Å²) in [5.74, 6) is 1.09. The third-order valence-electron chi connectivity index (χ3n) is 2.88. The van der Waals surface area contributed by atoms with Gasteiger partial charge < -0.3 is 15.5 Å². The highest BCUT2D eigenvalue weighted by molar-refractivity contribution is 7.99. The van der Waals surface area contributed by atoms with E-state index < -0.39 is 0 Å². The van der Waals surface area contributed by atoms with Crippen LogP contribution in [-0.4, -0.2) is 26.5 Å². The molecule has 0 saturated carbocycles. The van der Waals surface area contributed by atoms with Gasteiger partial charge in [0.15, 0.2) is 5.16 Å². The summed E-state index contributed by atoms with van der Waals surface area (Å²) >= 11 is 1.43. The van der Waals surface area contributed by atoms with Crippen molar-refractivity contribution >= 4 is 28.7 Å². The third-order valence-corrected chi connectivity index (χ3v) is 3.87. The van der Waals surface area contributed by atoms with E-state index in [-0.39, 0.29) is 5.95 Å². The van der Waals surface area contributed by atoms with Crippen molar-refractivity contribution in [1.82, 2.24) is 19.9 Å². The average molecular weight is 301 g/mol. The number of fused-ring (bicyclic) bond motifs is 1. The van der Waals surface area contributed by atoms with Crippen LogP contribution in [0.25, 0.3) is 11.0 Å². The number of anilines is 1. The number of ether oxygens (including phenoxy) is 1. The van der Waals surface area contributed by atoms with Crippen LogP contribution < -0.4 is 10.5 Å². The smallest absolute Gasteiger partial charge is 0.221 e. The first-order valence-corrected chi connectivity index (χ1v) is 7.37. The number of nitrogens with zero attached hydrogens (tertiary/aromatic N) is 3. The Balaban J connectivity index is 1.92. The standard InChI is InChI=1S/C14H15N5OS/c1-3-20-9-4-5-10-11(6-9)18-14(17-10)21-12-8(2)7-16-13(15)19-12/h4-7H,3H2,1-2H3,(H,17,18)(H2,15,16,19). The number of aryl methyl sites for hydroxylation is 1. The van der Waals surface area contributed by atoms with Gasteiger partial charge in [-0.15, -0.1) is 0 Å². The quantitative estimate of drug-likeness (QED) is 0.720. The minimum Gasteiger partial charge on any atom is -0.494 e. The van der Waals surface area contributed by atoms with Gasteiger partial charge in [-0.05, 0) is 37.7 Å². The van der Waals surface area contributed by atoms with Gasteiger partial charge in [0.1, 0.15) is 10.8 Å². The van der Waals surface area contributed by atoms with Gasteiger partial charge in [0, 0.05) is 17.8 Å². The van der Waals surface area contributed by atoms with Gasteiger partial charge in [0.25, 0.3) is 0 Å². The van der Waals surface area contributed by atoms with Gasteiger partial charge in [0.05, 0.1) is 17.6 Å². The van der Waals surface area contributed by atoms with Crippen LogP contribution in [0.3, 0.4) is 0 Å². The number of hydrogen-bond donors (Lipinski definition) is 2. The molecule has 3 rings (SSSR count). The van der Waals surface area contributed by atoms with Crippen LogP contribution in [0.2, 0.25) is 0 Å². The zero-order chi connectivity index (χ0) is 14.8. The van der Waals surface area contributed by atoms with Gasteiger partial charge in [-0.25, -0.2) is 15.0 Å². The molecule has 3 N–H and O–H groups in total. The van der Waals surface area contributed by atoms with Gasteiger partial charge >= 0.3 is 0 Å². The average Bonchev–Trinajstić information content (AvgIpc) is 2.85. The molecule has 0 bridgehead atoms. The molecule has 0 saturated heterocycles. The number of aromatic nitrogens is 4. The number of benzene rings is 1. The highest BCUT2D eigenvalue weighted by atomic mass is 32.2. The van der Waals surface area contributed by atoms with Crippen molar-refractivity contribution in [2.24, 2.45) is 0 Å². The summed E-state index contributed by atoms with van der Waals surface area (Å²) in [6.45, 7) is 4.54. The summed E-state index contributed by atoms with van der Waals surface area (Å²) in [7, 11) is 0. The lowest BCUT2D eigenvalue weighted by Gasteiger charge is -2.01. The van der Waals surface area contributed by atoms with Crippen LogP contribution >= 0.6 is 11.8 Å². The molecule has 2 heterocycles. The van der Waals surface area contributed by atoms with Crippen molar-refractivity contribution in [3.63, 3.8) is 0 Å². The van der Waals surface area contributed by atoms with Crippen molar-refractivity contribution < 1.29 is 4.74 Å². The van der Waals surface area contributed by atoms with Crippen molar-refractivity contribution in [2.45, 2.75) is 24.0 Å². The van der Waals surface area contributed by atoms with E-state index in [0.29, 0.717) is 6.61 Å². The van der Waals surface area contributed by atoms with Crippen LogP contribution in [0, 0.1) is 6.92 Å². The Morgan fingerprint density at radius 1 is 1.33 bits per heavy atom. The van der Waals surface area contributed by atoms with Gasteiger partial charge in [-0.2, -0.15) is 0 Å². The van der Waals surface area contributed by atoms with Gasteiger partial charge in [-0.3, -0.25) is 0 Å². The van der Waals surface area contributed by atoms with Gasteiger partial charge in [0.2, 0.25) is 5.95 Å².